The number of aliphatic hydroxyl groups excluding tert-OH is 1. The zero-order valence-corrected chi connectivity index (χ0v) is 23.7. The first kappa shape index (κ1) is 30.9. The summed E-state index contributed by atoms with van der Waals surface area (Å²) in [5, 5.41) is 8.81. The number of aliphatic imine (C=N–C) groups is 1. The molecule has 0 unspecified atom stereocenters. The minimum Gasteiger partial charge on any atom is -0.494 e. The predicted octanol–water partition coefficient (Wildman–Crippen LogP) is 8.33. The van der Waals surface area contributed by atoms with Crippen LogP contribution in [0.3, 0.4) is 0 Å². The number of benzene rings is 3. The molecule has 0 amide bonds. The van der Waals surface area contributed by atoms with Crippen LogP contribution in [0.4, 0.5) is 5.69 Å². The molecule has 3 aromatic carbocycles. The van der Waals surface area contributed by atoms with Gasteiger partial charge in [-0.1, -0.05) is 45.4 Å². The Balaban J connectivity index is 1.38. The average molecular weight is 546 g/mol. The molecular weight excluding hydrogens is 502 g/mol. The highest BCUT2D eigenvalue weighted by molar-refractivity contribution is 5.91. The number of esters is 1. The topological polar surface area (TPSA) is 77.4 Å². The van der Waals surface area contributed by atoms with E-state index in [1.165, 1.54) is 32.1 Å². The summed E-state index contributed by atoms with van der Waals surface area (Å²) in [4.78, 5) is 17.1. The van der Waals surface area contributed by atoms with Crippen LogP contribution in [0.15, 0.2) is 77.8 Å². The summed E-state index contributed by atoms with van der Waals surface area (Å²) >= 11 is 0. The first-order valence-electron chi connectivity index (χ1n) is 14.6. The van der Waals surface area contributed by atoms with Crippen LogP contribution < -0.4 is 14.2 Å². The summed E-state index contributed by atoms with van der Waals surface area (Å²) in [6, 6.07) is 22.0. The minimum atomic E-state index is -0.411. The predicted molar refractivity (Wildman–Crippen MR) is 161 cm³/mol. The standard InChI is InChI=1S/C34H43NO5/c1-2-3-4-5-7-10-25-39-32-20-14-29(15-21-32)34(37)40-33-22-16-30(17-23-33)35-27-28-12-18-31(19-13-28)38-26-11-8-6-9-24-36/h12-23,27,36H,2-11,24-26H2,1H3. The van der Waals surface area contributed by atoms with Crippen LogP contribution in [0.5, 0.6) is 17.2 Å². The van der Waals surface area contributed by atoms with E-state index in [0.717, 1.165) is 54.9 Å². The average Bonchev–Trinajstić information content (AvgIpc) is 2.99. The fraction of sp³-hybridized carbons (Fsp3) is 0.412. The van der Waals surface area contributed by atoms with E-state index in [9.17, 15) is 4.79 Å². The number of hydrogen-bond donors (Lipinski definition) is 1. The van der Waals surface area contributed by atoms with Crippen LogP contribution in [-0.4, -0.2) is 37.1 Å². The van der Waals surface area contributed by atoms with E-state index in [0.29, 0.717) is 24.5 Å². The van der Waals surface area contributed by atoms with E-state index in [1.54, 1.807) is 30.5 Å². The minimum absolute atomic E-state index is 0.256. The first-order valence-corrected chi connectivity index (χ1v) is 14.6. The molecule has 0 heterocycles. The molecule has 0 spiro atoms. The summed E-state index contributed by atoms with van der Waals surface area (Å²) in [7, 11) is 0. The third-order valence-corrected chi connectivity index (χ3v) is 6.47. The zero-order valence-electron chi connectivity index (χ0n) is 23.7. The van der Waals surface area contributed by atoms with Crippen LogP contribution in [-0.2, 0) is 0 Å². The lowest BCUT2D eigenvalue weighted by atomic mass is 10.1. The Labute approximate surface area is 239 Å². The van der Waals surface area contributed by atoms with Gasteiger partial charge in [0.05, 0.1) is 24.5 Å². The van der Waals surface area contributed by atoms with E-state index in [2.05, 4.69) is 11.9 Å². The molecule has 0 radical (unpaired) electrons. The molecule has 214 valence electrons. The van der Waals surface area contributed by atoms with Crippen molar-refractivity contribution in [3.63, 3.8) is 0 Å². The molecule has 3 aromatic rings. The van der Waals surface area contributed by atoms with E-state index in [1.807, 2.05) is 48.5 Å². The van der Waals surface area contributed by atoms with Gasteiger partial charge in [0.25, 0.3) is 0 Å². The molecule has 3 rings (SSSR count). The monoisotopic (exact) mass is 545 g/mol. The Morgan fingerprint density at radius 2 is 1.20 bits per heavy atom. The van der Waals surface area contributed by atoms with Gasteiger partial charge in [0.15, 0.2) is 0 Å². The van der Waals surface area contributed by atoms with Crippen LogP contribution in [0, 0.1) is 0 Å². The Hall–Kier alpha value is -3.64. The fourth-order valence-electron chi connectivity index (χ4n) is 4.08. The molecule has 0 atom stereocenters. The maximum absolute atomic E-state index is 12.5. The molecule has 0 aliphatic carbocycles. The molecule has 0 saturated heterocycles. The Bertz CT molecular complexity index is 1120. The fourth-order valence-corrected chi connectivity index (χ4v) is 4.08. The van der Waals surface area contributed by atoms with Crippen molar-refractivity contribution in [2.75, 3.05) is 19.8 Å². The van der Waals surface area contributed by atoms with Crippen LogP contribution >= 0.6 is 0 Å². The normalized spacial score (nSPS) is 11.1. The van der Waals surface area contributed by atoms with Gasteiger partial charge in [-0.25, -0.2) is 4.79 Å². The molecular formula is C34H43NO5. The zero-order chi connectivity index (χ0) is 28.3. The number of carbonyl (C=O) groups is 1. The lowest BCUT2D eigenvalue weighted by molar-refractivity contribution is 0.0734. The SMILES string of the molecule is CCCCCCCCOc1ccc(C(=O)Oc2ccc(N=Cc3ccc(OCCCCCCO)cc3)cc2)cc1. The summed E-state index contributed by atoms with van der Waals surface area (Å²) < 4.78 is 17.1. The maximum Gasteiger partial charge on any atom is 0.343 e. The summed E-state index contributed by atoms with van der Waals surface area (Å²) in [5.41, 5.74) is 2.20. The second-order valence-electron chi connectivity index (χ2n) is 9.84. The molecule has 0 fully saturated rings. The van der Waals surface area contributed by atoms with E-state index in [-0.39, 0.29) is 6.61 Å². The van der Waals surface area contributed by atoms with E-state index in [4.69, 9.17) is 19.3 Å². The third kappa shape index (κ3) is 12.0. The van der Waals surface area contributed by atoms with Crippen molar-refractivity contribution in [2.45, 2.75) is 71.1 Å². The Kier molecular flexibility index (Phi) is 14.4. The lowest BCUT2D eigenvalue weighted by Gasteiger charge is -2.08. The molecule has 0 aromatic heterocycles. The number of aliphatic hydroxyl groups is 1. The molecule has 1 N–H and O–H groups in total. The van der Waals surface area contributed by atoms with Crippen molar-refractivity contribution < 1.29 is 24.1 Å². The second-order valence-corrected chi connectivity index (χ2v) is 9.84. The number of hydrogen-bond acceptors (Lipinski definition) is 6. The van der Waals surface area contributed by atoms with Gasteiger partial charge in [-0.05, 0) is 104 Å². The van der Waals surface area contributed by atoms with Gasteiger partial charge in [-0.2, -0.15) is 0 Å². The Morgan fingerprint density at radius 3 is 1.80 bits per heavy atom. The quantitative estimate of drug-likeness (QED) is 0.0709. The van der Waals surface area contributed by atoms with E-state index >= 15 is 0 Å². The van der Waals surface area contributed by atoms with Gasteiger partial charge in [-0.15, -0.1) is 0 Å². The van der Waals surface area contributed by atoms with Crippen LogP contribution in [0.25, 0.3) is 0 Å². The largest absolute Gasteiger partial charge is 0.494 e. The van der Waals surface area contributed by atoms with Crippen LogP contribution in [0.1, 0.15) is 87.1 Å². The van der Waals surface area contributed by atoms with Gasteiger partial charge >= 0.3 is 5.97 Å². The summed E-state index contributed by atoms with van der Waals surface area (Å²) in [6.07, 6.45) is 13.1. The van der Waals surface area contributed by atoms with Crippen molar-refractivity contribution in [1.29, 1.82) is 0 Å². The highest BCUT2D eigenvalue weighted by Gasteiger charge is 2.09. The van der Waals surface area contributed by atoms with Crippen LogP contribution in [0.2, 0.25) is 0 Å². The Morgan fingerprint density at radius 1 is 0.675 bits per heavy atom. The van der Waals surface area contributed by atoms with E-state index < -0.39 is 5.97 Å². The van der Waals surface area contributed by atoms with Crippen molar-refractivity contribution >= 4 is 17.9 Å². The smallest absolute Gasteiger partial charge is 0.343 e. The number of carbonyl (C=O) groups excluding carboxylic acids is 1. The lowest BCUT2D eigenvalue weighted by Crippen LogP contribution is -2.08. The highest BCUT2D eigenvalue weighted by Crippen LogP contribution is 2.21. The second kappa shape index (κ2) is 18.6. The molecule has 0 saturated carbocycles. The van der Waals surface area contributed by atoms with Gasteiger partial charge in [0.2, 0.25) is 0 Å². The summed E-state index contributed by atoms with van der Waals surface area (Å²) in [6.45, 7) is 3.85. The molecule has 6 nitrogen and oxygen atoms in total. The molecule has 0 aliphatic rings. The first-order chi connectivity index (χ1) is 19.7. The third-order valence-electron chi connectivity index (χ3n) is 6.47. The van der Waals surface area contributed by atoms with Crippen molar-refractivity contribution in [1.82, 2.24) is 0 Å². The van der Waals surface area contributed by atoms with Crippen molar-refractivity contribution in [2.24, 2.45) is 4.99 Å². The van der Waals surface area contributed by atoms with Crippen molar-refractivity contribution in [3.05, 3.63) is 83.9 Å². The molecule has 40 heavy (non-hydrogen) atoms. The molecule has 0 bridgehead atoms. The summed E-state index contributed by atoms with van der Waals surface area (Å²) in [5.74, 6) is 1.65. The number of rotatable bonds is 19. The number of unbranched alkanes of at least 4 members (excludes halogenated alkanes) is 8. The van der Waals surface area contributed by atoms with Gasteiger partial charge in [0.1, 0.15) is 17.2 Å². The van der Waals surface area contributed by atoms with Gasteiger partial charge < -0.3 is 19.3 Å². The molecule has 6 heteroatoms. The van der Waals surface area contributed by atoms with Gasteiger partial charge in [-0.3, -0.25) is 4.99 Å². The molecule has 0 aliphatic heterocycles. The number of nitrogens with zero attached hydrogens (tertiary/aromatic N) is 1. The highest BCUT2D eigenvalue weighted by atomic mass is 16.5. The number of ether oxygens (including phenoxy) is 3. The van der Waals surface area contributed by atoms with Gasteiger partial charge in [0, 0.05) is 12.8 Å². The van der Waals surface area contributed by atoms with Crippen molar-refractivity contribution in [3.8, 4) is 17.2 Å². The maximum atomic E-state index is 12.5.